The van der Waals surface area contributed by atoms with E-state index in [4.69, 9.17) is 0 Å². The average Bonchev–Trinajstić information content (AvgIpc) is 2.72. The maximum Gasteiger partial charge on any atom is 0.209 e. The Labute approximate surface area is 107 Å². The van der Waals surface area contributed by atoms with Crippen LogP contribution in [0.25, 0.3) is 0 Å². The average molecular weight is 242 g/mol. The summed E-state index contributed by atoms with van der Waals surface area (Å²) >= 11 is 0. The molecule has 2 rings (SSSR count). The Morgan fingerprint density at radius 3 is 2.44 bits per heavy atom. The lowest BCUT2D eigenvalue weighted by molar-refractivity contribution is 0.103. The van der Waals surface area contributed by atoms with Gasteiger partial charge < -0.3 is 9.88 Å². The lowest BCUT2D eigenvalue weighted by atomic mass is 10.1. The number of aryl methyl sites for hydroxylation is 1. The maximum atomic E-state index is 12.4. The molecule has 0 atom stereocenters. The summed E-state index contributed by atoms with van der Waals surface area (Å²) < 4.78 is 1.94. The molecule has 94 valence electrons. The lowest BCUT2D eigenvalue weighted by Gasteiger charge is -2.07. The first-order chi connectivity index (χ1) is 8.63. The van der Waals surface area contributed by atoms with Crippen molar-refractivity contribution in [2.24, 2.45) is 7.05 Å². The van der Waals surface area contributed by atoms with E-state index in [9.17, 15) is 4.79 Å². The maximum absolute atomic E-state index is 12.4. The summed E-state index contributed by atoms with van der Waals surface area (Å²) in [4.78, 5) is 12.4. The monoisotopic (exact) mass is 242 g/mol. The number of nitrogens with zero attached hydrogens (tertiary/aromatic N) is 1. The van der Waals surface area contributed by atoms with Crippen LogP contribution in [0.3, 0.4) is 0 Å². The van der Waals surface area contributed by atoms with Crippen molar-refractivity contribution in [3.63, 3.8) is 0 Å². The highest BCUT2D eigenvalue weighted by molar-refractivity contribution is 6.08. The van der Waals surface area contributed by atoms with Crippen molar-refractivity contribution in [2.45, 2.75) is 13.5 Å². The highest BCUT2D eigenvalue weighted by Crippen LogP contribution is 2.13. The normalized spacial score (nSPS) is 10.6. The zero-order valence-electron chi connectivity index (χ0n) is 11.0. The Morgan fingerprint density at radius 1 is 1.17 bits per heavy atom. The van der Waals surface area contributed by atoms with Gasteiger partial charge in [-0.25, -0.2) is 0 Å². The summed E-state index contributed by atoms with van der Waals surface area (Å²) in [5, 5.41) is 3.09. The van der Waals surface area contributed by atoms with E-state index in [1.807, 2.05) is 62.0 Å². The fourth-order valence-corrected chi connectivity index (χ4v) is 1.99. The van der Waals surface area contributed by atoms with Gasteiger partial charge in [-0.1, -0.05) is 29.8 Å². The van der Waals surface area contributed by atoms with Crippen LogP contribution >= 0.6 is 0 Å². The number of hydrogen-bond acceptors (Lipinski definition) is 2. The number of rotatable bonds is 4. The van der Waals surface area contributed by atoms with Crippen LogP contribution in [0, 0.1) is 6.92 Å². The second kappa shape index (κ2) is 5.19. The van der Waals surface area contributed by atoms with E-state index < -0.39 is 0 Å². The molecule has 1 heterocycles. The number of aromatic nitrogens is 1. The van der Waals surface area contributed by atoms with Gasteiger partial charge in [0.25, 0.3) is 0 Å². The number of carbonyl (C=O) groups is 1. The van der Waals surface area contributed by atoms with E-state index in [1.54, 1.807) is 0 Å². The standard InChI is InChI=1S/C15H18N2O/c1-11-4-6-12(7-5-11)15(18)14-9-8-13(10-16-2)17(14)3/h4-9,16H,10H2,1-3H3. The van der Waals surface area contributed by atoms with Crippen LogP contribution in [-0.4, -0.2) is 17.4 Å². The van der Waals surface area contributed by atoms with Gasteiger partial charge in [-0.05, 0) is 26.1 Å². The summed E-state index contributed by atoms with van der Waals surface area (Å²) in [6.07, 6.45) is 0. The molecule has 0 saturated carbocycles. The summed E-state index contributed by atoms with van der Waals surface area (Å²) in [6.45, 7) is 2.78. The summed E-state index contributed by atoms with van der Waals surface area (Å²) in [5.74, 6) is 0.0693. The van der Waals surface area contributed by atoms with Crippen LogP contribution in [0.1, 0.15) is 27.3 Å². The molecule has 0 radical (unpaired) electrons. The summed E-state index contributed by atoms with van der Waals surface area (Å²) in [6, 6.07) is 11.5. The van der Waals surface area contributed by atoms with Gasteiger partial charge in [0.15, 0.2) is 0 Å². The molecule has 3 heteroatoms. The molecule has 0 saturated heterocycles. The van der Waals surface area contributed by atoms with Crippen LogP contribution < -0.4 is 5.32 Å². The molecule has 0 unspecified atom stereocenters. The number of hydrogen-bond donors (Lipinski definition) is 1. The van der Waals surface area contributed by atoms with E-state index in [1.165, 1.54) is 0 Å². The third-order valence-electron chi connectivity index (χ3n) is 3.13. The molecule has 1 aromatic carbocycles. The number of carbonyl (C=O) groups excluding carboxylic acids is 1. The van der Waals surface area contributed by atoms with Crippen LogP contribution in [0.4, 0.5) is 0 Å². The van der Waals surface area contributed by atoms with E-state index in [-0.39, 0.29) is 5.78 Å². The zero-order chi connectivity index (χ0) is 13.1. The Balaban J connectivity index is 2.31. The van der Waals surface area contributed by atoms with Crippen molar-refractivity contribution in [3.05, 3.63) is 58.9 Å². The molecule has 0 aliphatic carbocycles. The number of ketones is 1. The number of nitrogens with one attached hydrogen (secondary N) is 1. The highest BCUT2D eigenvalue weighted by Gasteiger charge is 2.13. The fourth-order valence-electron chi connectivity index (χ4n) is 1.99. The van der Waals surface area contributed by atoms with Crippen LogP contribution in [0.5, 0.6) is 0 Å². The van der Waals surface area contributed by atoms with E-state index >= 15 is 0 Å². The largest absolute Gasteiger partial charge is 0.344 e. The Morgan fingerprint density at radius 2 is 1.83 bits per heavy atom. The van der Waals surface area contributed by atoms with E-state index in [0.717, 1.165) is 29.1 Å². The molecular formula is C15H18N2O. The van der Waals surface area contributed by atoms with Crippen molar-refractivity contribution in [1.82, 2.24) is 9.88 Å². The minimum absolute atomic E-state index is 0.0693. The van der Waals surface area contributed by atoms with Gasteiger partial charge in [0.1, 0.15) is 0 Å². The predicted molar refractivity (Wildman–Crippen MR) is 72.8 cm³/mol. The molecule has 18 heavy (non-hydrogen) atoms. The van der Waals surface area contributed by atoms with Crippen LogP contribution in [0.15, 0.2) is 36.4 Å². The van der Waals surface area contributed by atoms with Crippen molar-refractivity contribution in [2.75, 3.05) is 7.05 Å². The first-order valence-electron chi connectivity index (χ1n) is 6.04. The number of benzene rings is 1. The lowest BCUT2D eigenvalue weighted by Crippen LogP contribution is -2.13. The molecular weight excluding hydrogens is 224 g/mol. The first-order valence-corrected chi connectivity index (χ1v) is 6.04. The quantitative estimate of drug-likeness (QED) is 0.835. The Hall–Kier alpha value is -1.87. The van der Waals surface area contributed by atoms with Gasteiger partial charge in [-0.3, -0.25) is 4.79 Å². The molecule has 0 fully saturated rings. The molecule has 0 aliphatic heterocycles. The fraction of sp³-hybridized carbons (Fsp3) is 0.267. The second-order valence-electron chi connectivity index (χ2n) is 4.49. The molecule has 1 aromatic heterocycles. The predicted octanol–water partition coefficient (Wildman–Crippen LogP) is 2.28. The molecule has 0 spiro atoms. The molecule has 0 bridgehead atoms. The van der Waals surface area contributed by atoms with Gasteiger partial charge in [0.05, 0.1) is 5.69 Å². The second-order valence-corrected chi connectivity index (χ2v) is 4.49. The van der Waals surface area contributed by atoms with Crippen molar-refractivity contribution < 1.29 is 4.79 Å². The van der Waals surface area contributed by atoms with Crippen molar-refractivity contribution in [3.8, 4) is 0 Å². The van der Waals surface area contributed by atoms with E-state index in [0.29, 0.717) is 0 Å². The third kappa shape index (κ3) is 2.36. The van der Waals surface area contributed by atoms with Gasteiger partial charge >= 0.3 is 0 Å². The molecule has 0 aliphatic rings. The topological polar surface area (TPSA) is 34.0 Å². The minimum atomic E-state index is 0.0693. The van der Waals surface area contributed by atoms with E-state index in [2.05, 4.69) is 5.32 Å². The molecule has 1 N–H and O–H groups in total. The van der Waals surface area contributed by atoms with Gasteiger partial charge in [-0.2, -0.15) is 0 Å². The Bertz CT molecular complexity index is 552. The summed E-state index contributed by atoms with van der Waals surface area (Å²) in [7, 11) is 3.82. The SMILES string of the molecule is CNCc1ccc(C(=O)c2ccc(C)cc2)n1C. The third-order valence-corrected chi connectivity index (χ3v) is 3.13. The van der Waals surface area contributed by atoms with Gasteiger partial charge in [-0.15, -0.1) is 0 Å². The van der Waals surface area contributed by atoms with Crippen LogP contribution in [-0.2, 0) is 13.6 Å². The van der Waals surface area contributed by atoms with Gasteiger partial charge in [0.2, 0.25) is 5.78 Å². The van der Waals surface area contributed by atoms with Crippen LogP contribution in [0.2, 0.25) is 0 Å². The Kier molecular flexibility index (Phi) is 3.63. The zero-order valence-corrected chi connectivity index (χ0v) is 11.0. The minimum Gasteiger partial charge on any atom is -0.344 e. The first kappa shape index (κ1) is 12.6. The van der Waals surface area contributed by atoms with Gasteiger partial charge in [0, 0.05) is 24.8 Å². The molecule has 0 amide bonds. The smallest absolute Gasteiger partial charge is 0.209 e. The highest BCUT2D eigenvalue weighted by atomic mass is 16.1. The molecule has 2 aromatic rings. The summed E-state index contributed by atoms with van der Waals surface area (Å²) in [5.41, 5.74) is 3.73. The molecule has 3 nitrogen and oxygen atoms in total. The van der Waals surface area contributed by atoms with Crippen molar-refractivity contribution >= 4 is 5.78 Å². The van der Waals surface area contributed by atoms with Crippen molar-refractivity contribution in [1.29, 1.82) is 0 Å².